The second kappa shape index (κ2) is 5.86. The molecule has 0 aromatic carbocycles. The van der Waals surface area contributed by atoms with Gasteiger partial charge in [0.2, 0.25) is 11.9 Å². The molecular formula is C17H23N5O3. The molecule has 2 heterocycles. The average molecular weight is 345 g/mol. The molecule has 0 atom stereocenters. The Bertz CT molecular complexity index is 944. The van der Waals surface area contributed by atoms with E-state index in [1.807, 2.05) is 0 Å². The minimum absolute atomic E-state index is 0.187. The summed E-state index contributed by atoms with van der Waals surface area (Å²) in [6.07, 6.45) is 4.31. The lowest BCUT2D eigenvalue weighted by Gasteiger charge is -2.10. The Morgan fingerprint density at radius 3 is 2.32 bits per heavy atom. The zero-order chi connectivity index (χ0) is 17.7. The number of aromatic nitrogens is 4. The van der Waals surface area contributed by atoms with Crippen LogP contribution in [0.15, 0.2) is 9.59 Å². The van der Waals surface area contributed by atoms with Crippen LogP contribution in [0.2, 0.25) is 0 Å². The first-order valence-corrected chi connectivity index (χ1v) is 8.98. The largest absolute Gasteiger partial charge is 0.332 e. The third-order valence-electron chi connectivity index (χ3n) is 4.90. The number of fused-ring (bicyclic) bond motifs is 1. The van der Waals surface area contributed by atoms with Gasteiger partial charge in [0.25, 0.3) is 5.56 Å². The van der Waals surface area contributed by atoms with Crippen molar-refractivity contribution < 1.29 is 4.79 Å². The first kappa shape index (κ1) is 16.1. The number of H-pyrrole nitrogens is 1. The van der Waals surface area contributed by atoms with Crippen LogP contribution < -0.4 is 16.6 Å². The standard InChI is InChI=1S/C17H23N5O3/c1-9(2)14(23)20-16-18-12-13(19-16)21(7-10-3-4-10)17(25)22(15(12)24)8-11-5-6-11/h9-11H,3-8H2,1-2H3,(H2,18,19,20,23). The Balaban J connectivity index is 1.82. The van der Waals surface area contributed by atoms with Gasteiger partial charge in [0.15, 0.2) is 11.2 Å². The summed E-state index contributed by atoms with van der Waals surface area (Å²) in [7, 11) is 0. The van der Waals surface area contributed by atoms with Crippen LogP contribution >= 0.6 is 0 Å². The van der Waals surface area contributed by atoms with Crippen molar-refractivity contribution in [2.24, 2.45) is 17.8 Å². The fraction of sp³-hybridized carbons (Fsp3) is 0.647. The van der Waals surface area contributed by atoms with Gasteiger partial charge in [0, 0.05) is 19.0 Å². The van der Waals surface area contributed by atoms with E-state index in [9.17, 15) is 14.4 Å². The minimum Gasteiger partial charge on any atom is -0.318 e. The third-order valence-corrected chi connectivity index (χ3v) is 4.90. The van der Waals surface area contributed by atoms with Gasteiger partial charge < -0.3 is 4.98 Å². The van der Waals surface area contributed by atoms with Crippen molar-refractivity contribution in [3.63, 3.8) is 0 Å². The van der Waals surface area contributed by atoms with E-state index in [0.29, 0.717) is 36.1 Å². The third kappa shape index (κ3) is 3.12. The highest BCUT2D eigenvalue weighted by molar-refractivity contribution is 5.91. The van der Waals surface area contributed by atoms with Gasteiger partial charge in [0.05, 0.1) is 0 Å². The summed E-state index contributed by atoms with van der Waals surface area (Å²) >= 11 is 0. The van der Waals surface area contributed by atoms with Gasteiger partial charge in [-0.1, -0.05) is 13.8 Å². The Hall–Kier alpha value is -2.38. The second-order valence-corrected chi connectivity index (χ2v) is 7.62. The minimum atomic E-state index is -0.350. The van der Waals surface area contributed by atoms with Crippen LogP contribution in [-0.4, -0.2) is 25.0 Å². The highest BCUT2D eigenvalue weighted by Gasteiger charge is 2.28. The molecule has 0 aliphatic heterocycles. The smallest absolute Gasteiger partial charge is 0.318 e. The van der Waals surface area contributed by atoms with Crippen LogP contribution in [-0.2, 0) is 17.9 Å². The highest BCUT2D eigenvalue weighted by atomic mass is 16.2. The summed E-state index contributed by atoms with van der Waals surface area (Å²) in [6.45, 7) is 4.60. The highest BCUT2D eigenvalue weighted by Crippen LogP contribution is 2.31. The molecule has 0 bridgehead atoms. The van der Waals surface area contributed by atoms with Crippen LogP contribution in [0.25, 0.3) is 11.2 Å². The van der Waals surface area contributed by atoms with E-state index < -0.39 is 0 Å². The summed E-state index contributed by atoms with van der Waals surface area (Å²) in [6, 6.07) is 0. The molecule has 2 aromatic heterocycles. The van der Waals surface area contributed by atoms with Gasteiger partial charge in [-0.05, 0) is 37.5 Å². The monoisotopic (exact) mass is 345 g/mol. The van der Waals surface area contributed by atoms with Crippen molar-refractivity contribution in [3.05, 3.63) is 20.8 Å². The number of nitrogens with one attached hydrogen (secondary N) is 2. The number of nitrogens with zero attached hydrogens (tertiary/aromatic N) is 3. The molecule has 8 nitrogen and oxygen atoms in total. The van der Waals surface area contributed by atoms with Gasteiger partial charge in [-0.15, -0.1) is 0 Å². The number of aromatic amines is 1. The van der Waals surface area contributed by atoms with Gasteiger partial charge in [-0.3, -0.25) is 24.0 Å². The predicted octanol–water partition coefficient (Wildman–Crippen LogP) is 1.30. The molecule has 2 fully saturated rings. The number of amides is 1. The number of carbonyl (C=O) groups is 1. The first-order chi connectivity index (χ1) is 11.9. The van der Waals surface area contributed by atoms with Gasteiger partial charge >= 0.3 is 5.69 Å². The molecule has 0 unspecified atom stereocenters. The van der Waals surface area contributed by atoms with Crippen molar-refractivity contribution >= 4 is 23.0 Å². The zero-order valence-electron chi connectivity index (χ0n) is 14.5. The van der Waals surface area contributed by atoms with Crippen molar-refractivity contribution in [2.45, 2.75) is 52.6 Å². The lowest BCUT2D eigenvalue weighted by Crippen LogP contribution is -2.41. The summed E-state index contributed by atoms with van der Waals surface area (Å²) in [5.41, 5.74) is -0.00557. The molecule has 1 amide bonds. The summed E-state index contributed by atoms with van der Waals surface area (Å²) < 4.78 is 2.92. The SMILES string of the molecule is CC(C)C(=O)Nc1nc2c([nH]1)c(=O)n(CC1CC1)c(=O)n2CC1CC1. The zero-order valence-corrected chi connectivity index (χ0v) is 14.5. The summed E-state index contributed by atoms with van der Waals surface area (Å²) in [5.74, 6) is 0.721. The van der Waals surface area contributed by atoms with Gasteiger partial charge in [-0.2, -0.15) is 4.98 Å². The lowest BCUT2D eigenvalue weighted by atomic mass is 10.2. The Morgan fingerprint density at radius 1 is 1.16 bits per heavy atom. The first-order valence-electron chi connectivity index (χ1n) is 8.98. The van der Waals surface area contributed by atoms with Crippen molar-refractivity contribution in [2.75, 3.05) is 5.32 Å². The van der Waals surface area contributed by atoms with Crippen LogP contribution in [0.1, 0.15) is 39.5 Å². The van der Waals surface area contributed by atoms with E-state index >= 15 is 0 Å². The molecule has 2 aliphatic carbocycles. The molecule has 0 saturated heterocycles. The quantitative estimate of drug-likeness (QED) is 0.824. The molecule has 8 heteroatoms. The fourth-order valence-electron chi connectivity index (χ4n) is 2.93. The van der Waals surface area contributed by atoms with E-state index in [1.165, 1.54) is 4.57 Å². The molecule has 2 aliphatic rings. The molecule has 4 rings (SSSR count). The predicted molar refractivity (Wildman–Crippen MR) is 93.5 cm³/mol. The van der Waals surface area contributed by atoms with Crippen molar-refractivity contribution in [3.8, 4) is 0 Å². The maximum Gasteiger partial charge on any atom is 0.332 e. The Labute approximate surface area is 144 Å². The van der Waals surface area contributed by atoms with Crippen LogP contribution in [0, 0.1) is 17.8 Å². The number of hydrogen-bond acceptors (Lipinski definition) is 4. The number of imidazole rings is 1. The molecule has 0 radical (unpaired) electrons. The maximum atomic E-state index is 12.9. The van der Waals surface area contributed by atoms with Gasteiger partial charge in [-0.25, -0.2) is 4.79 Å². The van der Waals surface area contributed by atoms with E-state index in [2.05, 4.69) is 15.3 Å². The summed E-state index contributed by atoms with van der Waals surface area (Å²) in [5, 5.41) is 2.68. The molecule has 2 saturated carbocycles. The summed E-state index contributed by atoms with van der Waals surface area (Å²) in [4.78, 5) is 44.8. The van der Waals surface area contributed by atoms with E-state index in [-0.39, 0.29) is 29.0 Å². The number of hydrogen-bond donors (Lipinski definition) is 2. The second-order valence-electron chi connectivity index (χ2n) is 7.62. The maximum absolute atomic E-state index is 12.9. The van der Waals surface area contributed by atoms with E-state index in [4.69, 9.17) is 0 Å². The fourth-order valence-corrected chi connectivity index (χ4v) is 2.93. The van der Waals surface area contributed by atoms with Crippen LogP contribution in [0.4, 0.5) is 5.95 Å². The number of anilines is 1. The normalized spacial score (nSPS) is 17.4. The van der Waals surface area contributed by atoms with Crippen LogP contribution in [0.5, 0.6) is 0 Å². The lowest BCUT2D eigenvalue weighted by molar-refractivity contribution is -0.118. The molecule has 2 N–H and O–H groups in total. The molecule has 0 spiro atoms. The topological polar surface area (TPSA) is 102 Å². The van der Waals surface area contributed by atoms with E-state index in [1.54, 1.807) is 18.4 Å². The Kier molecular flexibility index (Phi) is 3.77. The molecule has 2 aromatic rings. The Morgan fingerprint density at radius 2 is 1.76 bits per heavy atom. The van der Waals surface area contributed by atoms with Crippen molar-refractivity contribution in [1.82, 2.24) is 19.1 Å². The number of carbonyl (C=O) groups excluding carboxylic acids is 1. The van der Waals surface area contributed by atoms with E-state index in [0.717, 1.165) is 25.7 Å². The average Bonchev–Trinajstić information content (AvgIpc) is 3.48. The molecule has 134 valence electrons. The molecule has 25 heavy (non-hydrogen) atoms. The van der Waals surface area contributed by atoms with Crippen LogP contribution in [0.3, 0.4) is 0 Å². The number of rotatable bonds is 6. The van der Waals surface area contributed by atoms with Gasteiger partial charge in [0.1, 0.15) is 0 Å². The molecular weight excluding hydrogens is 322 g/mol. The van der Waals surface area contributed by atoms with Crippen molar-refractivity contribution in [1.29, 1.82) is 0 Å².